The maximum atomic E-state index is 13.5. The van der Waals surface area contributed by atoms with Crippen LogP contribution in [0.5, 0.6) is 0 Å². The van der Waals surface area contributed by atoms with Gasteiger partial charge >= 0.3 is 0 Å². The fraction of sp³-hybridized carbons (Fsp3) is 0.250. The van der Waals surface area contributed by atoms with Crippen molar-refractivity contribution in [1.29, 1.82) is 0 Å². The van der Waals surface area contributed by atoms with Gasteiger partial charge in [0.15, 0.2) is 4.80 Å². The van der Waals surface area contributed by atoms with Gasteiger partial charge in [0.25, 0.3) is 5.56 Å². The Morgan fingerprint density at radius 2 is 1.73 bits per heavy atom. The Labute approximate surface area is 188 Å². The second kappa shape index (κ2) is 7.84. The minimum Gasteiger partial charge on any atom is -0.272 e. The third-order valence-corrected chi connectivity index (χ3v) is 7.38. The highest BCUT2D eigenvalue weighted by Crippen LogP contribution is 2.41. The van der Waals surface area contributed by atoms with Gasteiger partial charge in [-0.25, -0.2) is 4.99 Å². The molecule has 0 amide bonds. The van der Waals surface area contributed by atoms with Gasteiger partial charge in [-0.05, 0) is 72.2 Å². The first-order chi connectivity index (χ1) is 14.5. The molecule has 3 aromatic rings. The molecule has 30 heavy (non-hydrogen) atoms. The predicted octanol–water partition coefficient (Wildman–Crippen LogP) is 5.34. The molecule has 2 aromatic carbocycles. The van der Waals surface area contributed by atoms with Crippen LogP contribution in [0, 0.1) is 5.92 Å². The number of halogens is 2. The molecule has 1 aliphatic heterocycles. The maximum Gasteiger partial charge on any atom is 0.271 e. The van der Waals surface area contributed by atoms with Crippen molar-refractivity contribution in [1.82, 2.24) is 4.57 Å². The number of benzene rings is 2. The monoisotopic (exact) mass is 454 g/mol. The number of nitrogens with zero attached hydrogens (tertiary/aromatic N) is 2. The first-order valence-corrected chi connectivity index (χ1v) is 11.6. The van der Waals surface area contributed by atoms with Gasteiger partial charge in [0, 0.05) is 15.7 Å². The van der Waals surface area contributed by atoms with Gasteiger partial charge in [-0.2, -0.15) is 0 Å². The largest absolute Gasteiger partial charge is 0.272 e. The summed E-state index contributed by atoms with van der Waals surface area (Å²) in [5.74, 6) is 0.391. The van der Waals surface area contributed by atoms with Crippen molar-refractivity contribution >= 4 is 40.6 Å². The van der Waals surface area contributed by atoms with E-state index in [1.807, 2.05) is 59.2 Å². The van der Waals surface area contributed by atoms with Crippen molar-refractivity contribution in [2.24, 2.45) is 10.9 Å². The molecular weight excluding hydrogens is 435 g/mol. The Hall–Kier alpha value is -2.14. The van der Waals surface area contributed by atoms with Crippen molar-refractivity contribution in [3.05, 3.63) is 101 Å². The quantitative estimate of drug-likeness (QED) is 0.514. The van der Waals surface area contributed by atoms with E-state index in [1.165, 1.54) is 16.9 Å². The van der Waals surface area contributed by atoms with Crippen molar-refractivity contribution in [2.45, 2.75) is 32.2 Å². The minimum atomic E-state index is -0.129. The normalized spacial score (nSPS) is 21.2. The molecule has 1 aliphatic carbocycles. The molecule has 0 radical (unpaired) electrons. The smallest absolute Gasteiger partial charge is 0.271 e. The maximum absolute atomic E-state index is 13.5. The van der Waals surface area contributed by atoms with E-state index in [0.717, 1.165) is 40.9 Å². The molecule has 2 aliphatic rings. The number of allylic oxidation sites excluding steroid dienone is 2. The fourth-order valence-electron chi connectivity index (χ4n) is 4.44. The zero-order valence-electron chi connectivity index (χ0n) is 16.4. The van der Waals surface area contributed by atoms with Gasteiger partial charge in [0.05, 0.1) is 10.6 Å². The summed E-state index contributed by atoms with van der Waals surface area (Å²) in [4.78, 5) is 19.2. The highest BCUT2D eigenvalue weighted by Gasteiger charge is 2.33. The molecule has 0 bridgehead atoms. The fourth-order valence-corrected chi connectivity index (χ4v) is 5.71. The molecule has 3 nitrogen and oxygen atoms in total. The lowest BCUT2D eigenvalue weighted by Crippen LogP contribution is -2.40. The van der Waals surface area contributed by atoms with Crippen LogP contribution in [0.1, 0.15) is 43.4 Å². The Balaban J connectivity index is 1.74. The van der Waals surface area contributed by atoms with E-state index in [4.69, 9.17) is 28.2 Å². The average Bonchev–Trinajstić information content (AvgIpc) is 3.04. The summed E-state index contributed by atoms with van der Waals surface area (Å²) in [5.41, 5.74) is 4.44. The molecule has 0 fully saturated rings. The van der Waals surface area contributed by atoms with E-state index >= 15 is 0 Å². The Bertz CT molecular complexity index is 1320. The van der Waals surface area contributed by atoms with Gasteiger partial charge in [0.2, 0.25) is 0 Å². The van der Waals surface area contributed by atoms with E-state index in [-0.39, 0.29) is 11.6 Å². The number of rotatable bonds is 2. The summed E-state index contributed by atoms with van der Waals surface area (Å²) in [6.07, 6.45) is 5.14. The lowest BCUT2D eigenvalue weighted by atomic mass is 9.80. The second-order valence-electron chi connectivity index (χ2n) is 7.88. The second-order valence-corrected chi connectivity index (χ2v) is 9.76. The molecule has 0 N–H and O–H groups in total. The highest BCUT2D eigenvalue weighted by atomic mass is 35.5. The molecule has 0 saturated heterocycles. The third kappa shape index (κ3) is 3.47. The first kappa shape index (κ1) is 19.8. The van der Waals surface area contributed by atoms with Gasteiger partial charge in [0.1, 0.15) is 0 Å². The van der Waals surface area contributed by atoms with Gasteiger partial charge in [-0.15, -0.1) is 0 Å². The number of hydrogen-bond acceptors (Lipinski definition) is 3. The molecule has 6 heteroatoms. The van der Waals surface area contributed by atoms with Gasteiger partial charge in [-0.3, -0.25) is 9.36 Å². The summed E-state index contributed by atoms with van der Waals surface area (Å²) >= 11 is 13.6. The highest BCUT2D eigenvalue weighted by molar-refractivity contribution is 7.07. The molecule has 1 aromatic heterocycles. The molecule has 0 saturated carbocycles. The molecule has 2 atom stereocenters. The Kier molecular flexibility index (Phi) is 5.18. The van der Waals surface area contributed by atoms with E-state index in [9.17, 15) is 4.79 Å². The number of thiazole rings is 1. The zero-order valence-corrected chi connectivity index (χ0v) is 18.8. The summed E-state index contributed by atoms with van der Waals surface area (Å²) in [5, 5.41) is 1.37. The molecule has 0 unspecified atom stereocenters. The van der Waals surface area contributed by atoms with Gasteiger partial charge in [-0.1, -0.05) is 65.7 Å². The topological polar surface area (TPSA) is 34.4 Å². The van der Waals surface area contributed by atoms with Crippen LogP contribution in [0.3, 0.4) is 0 Å². The number of hydrogen-bond donors (Lipinski definition) is 0. The number of fused-ring (bicyclic) bond motifs is 1. The van der Waals surface area contributed by atoms with Crippen molar-refractivity contribution in [3.63, 3.8) is 0 Å². The van der Waals surface area contributed by atoms with Crippen LogP contribution in [0.15, 0.2) is 69.6 Å². The first-order valence-electron chi connectivity index (χ1n) is 10.1. The van der Waals surface area contributed by atoms with E-state index in [2.05, 4.69) is 6.92 Å². The van der Waals surface area contributed by atoms with Crippen molar-refractivity contribution in [3.8, 4) is 0 Å². The van der Waals surface area contributed by atoms with Crippen LogP contribution >= 0.6 is 34.5 Å². The summed E-state index contributed by atoms with van der Waals surface area (Å²) in [7, 11) is 0. The lowest BCUT2D eigenvalue weighted by molar-refractivity contribution is 0.447. The predicted molar refractivity (Wildman–Crippen MR) is 124 cm³/mol. The van der Waals surface area contributed by atoms with Gasteiger partial charge < -0.3 is 0 Å². The molecule has 2 heterocycles. The van der Waals surface area contributed by atoms with Crippen LogP contribution in [-0.4, -0.2) is 4.57 Å². The summed E-state index contributed by atoms with van der Waals surface area (Å²) < 4.78 is 2.55. The Morgan fingerprint density at radius 1 is 1.07 bits per heavy atom. The van der Waals surface area contributed by atoms with Crippen molar-refractivity contribution < 1.29 is 0 Å². The molecule has 152 valence electrons. The molecular formula is C24H20Cl2N2OS. The third-order valence-electron chi connectivity index (χ3n) is 5.89. The molecule has 0 spiro atoms. The van der Waals surface area contributed by atoms with E-state index in [1.54, 1.807) is 0 Å². The SMILES string of the molecule is C[C@H]1CCCC2=C1[C@H](c1ccc(Cl)cc1)n1c(s/c(=C/c3ccc(Cl)cc3)c1=O)=N2. The van der Waals surface area contributed by atoms with Crippen LogP contribution in [0.4, 0.5) is 0 Å². The standard InChI is InChI=1S/C24H20Cl2N2OS/c1-14-3-2-4-19-21(14)22(16-7-11-18(26)12-8-16)28-23(29)20(30-24(28)27-19)13-15-5-9-17(25)10-6-15/h5-14,22H,2-4H2,1H3/b20-13+/t14-,22-/m0/s1. The minimum absolute atomic E-state index is 0.00188. The van der Waals surface area contributed by atoms with Crippen LogP contribution in [-0.2, 0) is 0 Å². The van der Waals surface area contributed by atoms with Crippen LogP contribution in [0.25, 0.3) is 6.08 Å². The van der Waals surface area contributed by atoms with E-state index in [0.29, 0.717) is 20.5 Å². The zero-order chi connectivity index (χ0) is 20.8. The van der Waals surface area contributed by atoms with E-state index < -0.39 is 0 Å². The summed E-state index contributed by atoms with van der Waals surface area (Å²) in [6, 6.07) is 15.2. The van der Waals surface area contributed by atoms with Crippen molar-refractivity contribution in [2.75, 3.05) is 0 Å². The summed E-state index contributed by atoms with van der Waals surface area (Å²) in [6.45, 7) is 2.25. The molecule has 5 rings (SSSR count). The Morgan fingerprint density at radius 3 is 2.43 bits per heavy atom. The van der Waals surface area contributed by atoms with Crippen LogP contribution < -0.4 is 14.9 Å². The average molecular weight is 455 g/mol. The van der Waals surface area contributed by atoms with Crippen LogP contribution in [0.2, 0.25) is 10.0 Å². The lowest BCUT2D eigenvalue weighted by Gasteiger charge is -2.33. The number of aromatic nitrogens is 1.